The van der Waals surface area contributed by atoms with Gasteiger partial charge in [0.1, 0.15) is 11.5 Å². The van der Waals surface area contributed by atoms with Crippen LogP contribution in [0.25, 0.3) is 0 Å². The van der Waals surface area contributed by atoms with Crippen molar-refractivity contribution in [1.82, 2.24) is 10.3 Å². The zero-order valence-electron chi connectivity index (χ0n) is 10.4. The molecule has 0 saturated heterocycles. The molecular formula is C11H19N3O2S. The van der Waals surface area contributed by atoms with Gasteiger partial charge in [-0.15, -0.1) is 0 Å². The summed E-state index contributed by atoms with van der Waals surface area (Å²) in [6.45, 7) is 3.44. The fourth-order valence-corrected chi connectivity index (χ4v) is 2.01. The summed E-state index contributed by atoms with van der Waals surface area (Å²) in [6.07, 6.45) is 2.08. The maximum absolute atomic E-state index is 11.4. The number of nitrogens with zero attached hydrogens (tertiary/aromatic N) is 1. The van der Waals surface area contributed by atoms with E-state index in [2.05, 4.69) is 16.6 Å². The Hall–Kier alpha value is -0.980. The summed E-state index contributed by atoms with van der Waals surface area (Å²) < 4.78 is 5.52. The van der Waals surface area contributed by atoms with Gasteiger partial charge in [-0.25, -0.2) is 5.84 Å². The molecule has 0 aliphatic heterocycles. The Morgan fingerprint density at radius 3 is 2.94 bits per heavy atom. The van der Waals surface area contributed by atoms with Crippen LogP contribution >= 0.6 is 11.8 Å². The van der Waals surface area contributed by atoms with Crippen LogP contribution < -0.4 is 11.3 Å². The van der Waals surface area contributed by atoms with Crippen LogP contribution in [0.4, 0.5) is 0 Å². The predicted molar refractivity (Wildman–Crippen MR) is 69.8 cm³/mol. The average Bonchev–Trinajstić information content (AvgIpc) is 2.66. The van der Waals surface area contributed by atoms with Gasteiger partial charge in [0.25, 0.3) is 5.91 Å². The van der Waals surface area contributed by atoms with Gasteiger partial charge in [0.2, 0.25) is 0 Å². The number of hydrazine groups is 1. The van der Waals surface area contributed by atoms with Crippen molar-refractivity contribution in [2.24, 2.45) is 5.84 Å². The second-order valence-electron chi connectivity index (χ2n) is 3.89. The number of aryl methyl sites for hydroxylation is 1. The minimum absolute atomic E-state index is 0.315. The number of rotatable bonds is 6. The first kappa shape index (κ1) is 14.1. The van der Waals surface area contributed by atoms with Crippen molar-refractivity contribution in [1.29, 1.82) is 0 Å². The monoisotopic (exact) mass is 257 g/mol. The van der Waals surface area contributed by atoms with Crippen LogP contribution in [0.2, 0.25) is 0 Å². The van der Waals surface area contributed by atoms with Crippen LogP contribution in [0.5, 0.6) is 0 Å². The molecule has 1 aromatic heterocycles. The molecule has 0 aromatic carbocycles. The maximum Gasteiger partial charge on any atom is 0.268 e. The molecule has 1 rings (SSSR count). The van der Waals surface area contributed by atoms with Crippen molar-refractivity contribution < 1.29 is 9.21 Å². The molecule has 0 bridgehead atoms. The molecule has 0 aliphatic rings. The quantitative estimate of drug-likeness (QED) is 0.452. The molecule has 3 N–H and O–H groups in total. The Balaban J connectivity index is 2.63. The summed E-state index contributed by atoms with van der Waals surface area (Å²) in [5, 5.41) is 0. The normalized spacial score (nSPS) is 10.9. The number of hydrogen-bond acceptors (Lipinski definition) is 5. The predicted octanol–water partition coefficient (Wildman–Crippen LogP) is 0.986. The zero-order valence-corrected chi connectivity index (χ0v) is 11.3. The van der Waals surface area contributed by atoms with E-state index in [4.69, 9.17) is 10.3 Å². The minimum atomic E-state index is -0.315. The highest BCUT2D eigenvalue weighted by Crippen LogP contribution is 2.15. The smallest absolute Gasteiger partial charge is 0.268 e. The van der Waals surface area contributed by atoms with Crippen LogP contribution in [-0.2, 0) is 6.54 Å². The molecule has 96 valence electrons. The van der Waals surface area contributed by atoms with Gasteiger partial charge in [0.15, 0.2) is 0 Å². The highest BCUT2D eigenvalue weighted by atomic mass is 32.2. The molecule has 0 atom stereocenters. The van der Waals surface area contributed by atoms with E-state index in [0.717, 1.165) is 18.1 Å². The van der Waals surface area contributed by atoms with Gasteiger partial charge in [0, 0.05) is 12.3 Å². The summed E-state index contributed by atoms with van der Waals surface area (Å²) in [6, 6.07) is 1.74. The van der Waals surface area contributed by atoms with E-state index in [9.17, 15) is 4.79 Å². The summed E-state index contributed by atoms with van der Waals surface area (Å²) in [7, 11) is 2.02. The van der Waals surface area contributed by atoms with Gasteiger partial charge < -0.3 is 4.42 Å². The number of thioether (sulfide) groups is 1. The minimum Gasteiger partial charge on any atom is -0.464 e. The molecule has 6 heteroatoms. The Labute approximate surface area is 106 Å². The number of furan rings is 1. The van der Waals surface area contributed by atoms with Gasteiger partial charge in [-0.1, -0.05) is 0 Å². The molecule has 1 aromatic rings. The molecule has 0 fully saturated rings. The van der Waals surface area contributed by atoms with Crippen molar-refractivity contribution in [3.63, 3.8) is 0 Å². The third-order valence-corrected chi connectivity index (χ3v) is 3.04. The van der Waals surface area contributed by atoms with E-state index >= 15 is 0 Å². The van der Waals surface area contributed by atoms with Crippen LogP contribution in [0.1, 0.15) is 21.9 Å². The molecule has 5 nitrogen and oxygen atoms in total. The fraction of sp³-hybridized carbons (Fsp3) is 0.545. The third-order valence-electron chi connectivity index (χ3n) is 2.45. The topological polar surface area (TPSA) is 71.5 Å². The first-order valence-electron chi connectivity index (χ1n) is 5.36. The van der Waals surface area contributed by atoms with E-state index in [1.807, 2.05) is 7.05 Å². The van der Waals surface area contributed by atoms with Gasteiger partial charge in [-0.2, -0.15) is 11.8 Å². The SMILES string of the molecule is CSCCN(C)Cc1cc(C(=O)NN)c(C)o1. The lowest BCUT2D eigenvalue weighted by Crippen LogP contribution is -2.30. The van der Waals surface area contributed by atoms with Crippen molar-refractivity contribution in [3.05, 3.63) is 23.2 Å². The Morgan fingerprint density at radius 1 is 1.65 bits per heavy atom. The second kappa shape index (κ2) is 6.68. The molecular weight excluding hydrogens is 238 g/mol. The summed E-state index contributed by atoms with van der Waals surface area (Å²) in [4.78, 5) is 13.5. The number of carbonyl (C=O) groups excluding carboxylic acids is 1. The first-order chi connectivity index (χ1) is 8.08. The highest BCUT2D eigenvalue weighted by Gasteiger charge is 2.14. The van der Waals surface area contributed by atoms with Crippen molar-refractivity contribution in [3.8, 4) is 0 Å². The van der Waals surface area contributed by atoms with E-state index < -0.39 is 0 Å². The lowest BCUT2D eigenvalue weighted by molar-refractivity contribution is 0.0952. The summed E-state index contributed by atoms with van der Waals surface area (Å²) in [5.41, 5.74) is 2.61. The number of nitrogens with one attached hydrogen (secondary N) is 1. The van der Waals surface area contributed by atoms with Crippen molar-refractivity contribution >= 4 is 17.7 Å². The van der Waals surface area contributed by atoms with E-state index in [1.54, 1.807) is 24.8 Å². The molecule has 1 heterocycles. The van der Waals surface area contributed by atoms with Crippen LogP contribution in [0.15, 0.2) is 10.5 Å². The number of nitrogen functional groups attached to an aromatic ring is 1. The lowest BCUT2D eigenvalue weighted by atomic mass is 10.2. The number of amides is 1. The Morgan fingerprint density at radius 2 is 2.35 bits per heavy atom. The second-order valence-corrected chi connectivity index (χ2v) is 4.87. The largest absolute Gasteiger partial charge is 0.464 e. The highest BCUT2D eigenvalue weighted by molar-refractivity contribution is 7.98. The molecule has 0 radical (unpaired) electrons. The lowest BCUT2D eigenvalue weighted by Gasteiger charge is -2.13. The van der Waals surface area contributed by atoms with Gasteiger partial charge in [0.05, 0.1) is 12.1 Å². The Kier molecular flexibility index (Phi) is 5.54. The molecule has 0 saturated carbocycles. The van der Waals surface area contributed by atoms with Gasteiger partial charge in [-0.3, -0.25) is 15.1 Å². The van der Waals surface area contributed by atoms with E-state index in [0.29, 0.717) is 17.9 Å². The summed E-state index contributed by atoms with van der Waals surface area (Å²) in [5.74, 6) is 7.24. The molecule has 17 heavy (non-hydrogen) atoms. The molecule has 0 aliphatic carbocycles. The van der Waals surface area contributed by atoms with Crippen LogP contribution in [0, 0.1) is 6.92 Å². The van der Waals surface area contributed by atoms with E-state index in [-0.39, 0.29) is 5.91 Å². The first-order valence-corrected chi connectivity index (χ1v) is 6.75. The molecule has 1 amide bonds. The number of nitrogens with two attached hydrogens (primary N) is 1. The van der Waals surface area contributed by atoms with Crippen LogP contribution in [-0.4, -0.2) is 36.4 Å². The van der Waals surface area contributed by atoms with Gasteiger partial charge >= 0.3 is 0 Å². The third kappa shape index (κ3) is 4.07. The molecule has 0 unspecified atom stereocenters. The average molecular weight is 257 g/mol. The standard InChI is InChI=1S/C11H19N3O2S/c1-8-10(11(15)13-12)6-9(16-8)7-14(2)4-5-17-3/h6H,4-5,7,12H2,1-3H3,(H,13,15). The number of hydrogen-bond donors (Lipinski definition) is 2. The maximum atomic E-state index is 11.4. The van der Waals surface area contributed by atoms with Gasteiger partial charge in [-0.05, 0) is 26.3 Å². The van der Waals surface area contributed by atoms with Crippen molar-refractivity contribution in [2.45, 2.75) is 13.5 Å². The Bertz CT molecular complexity index is 379. The summed E-state index contributed by atoms with van der Waals surface area (Å²) >= 11 is 1.80. The number of carbonyl (C=O) groups is 1. The zero-order chi connectivity index (χ0) is 12.8. The van der Waals surface area contributed by atoms with Crippen LogP contribution in [0.3, 0.4) is 0 Å². The fourth-order valence-electron chi connectivity index (χ4n) is 1.52. The van der Waals surface area contributed by atoms with Crippen molar-refractivity contribution in [2.75, 3.05) is 25.6 Å². The molecule has 0 spiro atoms. The van der Waals surface area contributed by atoms with E-state index in [1.165, 1.54) is 0 Å².